The Labute approximate surface area is 147 Å². The number of anilines is 1. The standard InChI is InChI=1S/C17H13BrN2O4/c1-23-13-6-7-15(18)14(8-13)17(22)24-10-16(21)20-12-4-2-11(9-19)3-5-12/h2-8H,10H2,1H3,(H,20,21). The van der Waals surface area contributed by atoms with Gasteiger partial charge in [0.1, 0.15) is 5.75 Å². The molecular weight excluding hydrogens is 376 g/mol. The molecule has 2 aromatic carbocycles. The van der Waals surface area contributed by atoms with Crippen molar-refractivity contribution in [2.45, 2.75) is 0 Å². The van der Waals surface area contributed by atoms with E-state index in [9.17, 15) is 9.59 Å². The highest BCUT2D eigenvalue weighted by Crippen LogP contribution is 2.23. The van der Waals surface area contributed by atoms with Crippen LogP contribution in [0.5, 0.6) is 5.75 Å². The SMILES string of the molecule is COc1ccc(Br)c(C(=O)OCC(=O)Nc2ccc(C#N)cc2)c1. The van der Waals surface area contributed by atoms with E-state index >= 15 is 0 Å². The summed E-state index contributed by atoms with van der Waals surface area (Å²) in [4.78, 5) is 23.9. The lowest BCUT2D eigenvalue weighted by Gasteiger charge is -2.09. The van der Waals surface area contributed by atoms with Gasteiger partial charge in [-0.3, -0.25) is 4.79 Å². The first-order chi connectivity index (χ1) is 11.5. The lowest BCUT2D eigenvalue weighted by atomic mass is 10.2. The average Bonchev–Trinajstić information content (AvgIpc) is 2.60. The number of ether oxygens (including phenoxy) is 2. The highest BCUT2D eigenvalue weighted by Gasteiger charge is 2.14. The van der Waals surface area contributed by atoms with E-state index in [1.807, 2.05) is 6.07 Å². The van der Waals surface area contributed by atoms with Crippen LogP contribution in [-0.4, -0.2) is 25.6 Å². The molecule has 0 saturated carbocycles. The van der Waals surface area contributed by atoms with Gasteiger partial charge in [-0.05, 0) is 58.4 Å². The van der Waals surface area contributed by atoms with E-state index in [-0.39, 0.29) is 5.56 Å². The molecule has 0 aliphatic carbocycles. The molecule has 122 valence electrons. The number of benzene rings is 2. The molecule has 0 atom stereocenters. The van der Waals surface area contributed by atoms with Crippen LogP contribution in [-0.2, 0) is 9.53 Å². The minimum absolute atomic E-state index is 0.264. The number of esters is 1. The summed E-state index contributed by atoms with van der Waals surface area (Å²) < 4.78 is 10.6. The summed E-state index contributed by atoms with van der Waals surface area (Å²) in [6.45, 7) is -0.428. The lowest BCUT2D eigenvalue weighted by molar-refractivity contribution is -0.119. The number of hydrogen-bond acceptors (Lipinski definition) is 5. The van der Waals surface area contributed by atoms with Gasteiger partial charge in [0.15, 0.2) is 6.61 Å². The largest absolute Gasteiger partial charge is 0.497 e. The Balaban J connectivity index is 1.93. The van der Waals surface area contributed by atoms with Crippen LogP contribution in [0.2, 0.25) is 0 Å². The molecule has 0 saturated heterocycles. The highest BCUT2D eigenvalue weighted by molar-refractivity contribution is 9.10. The van der Waals surface area contributed by atoms with Crippen LogP contribution in [0.25, 0.3) is 0 Å². The van der Waals surface area contributed by atoms with Gasteiger partial charge >= 0.3 is 5.97 Å². The monoisotopic (exact) mass is 388 g/mol. The summed E-state index contributed by atoms with van der Waals surface area (Å²) in [5.41, 5.74) is 1.26. The minimum atomic E-state index is -0.643. The summed E-state index contributed by atoms with van der Waals surface area (Å²) in [6, 6.07) is 13.2. The van der Waals surface area contributed by atoms with Gasteiger partial charge in [-0.15, -0.1) is 0 Å². The van der Waals surface area contributed by atoms with E-state index in [1.54, 1.807) is 36.4 Å². The molecule has 0 heterocycles. The molecule has 7 heteroatoms. The predicted molar refractivity (Wildman–Crippen MR) is 90.8 cm³/mol. The molecule has 1 N–H and O–H groups in total. The molecule has 2 aromatic rings. The molecule has 0 aliphatic heterocycles. The number of methoxy groups -OCH3 is 1. The second-order valence-corrected chi connectivity index (χ2v) is 5.51. The average molecular weight is 389 g/mol. The molecule has 0 radical (unpaired) electrons. The number of hydrogen-bond donors (Lipinski definition) is 1. The maximum Gasteiger partial charge on any atom is 0.339 e. The lowest BCUT2D eigenvalue weighted by Crippen LogP contribution is -2.21. The Morgan fingerprint density at radius 1 is 1.21 bits per heavy atom. The predicted octanol–water partition coefficient (Wildman–Crippen LogP) is 3.12. The molecule has 6 nitrogen and oxygen atoms in total. The van der Waals surface area contributed by atoms with Crippen LogP contribution in [0.15, 0.2) is 46.9 Å². The molecule has 0 spiro atoms. The normalized spacial score (nSPS) is 9.71. The van der Waals surface area contributed by atoms with Crippen LogP contribution in [0, 0.1) is 11.3 Å². The Morgan fingerprint density at radius 2 is 1.92 bits per heavy atom. The highest BCUT2D eigenvalue weighted by atomic mass is 79.9. The fourth-order valence-electron chi connectivity index (χ4n) is 1.82. The first kappa shape index (κ1) is 17.5. The van der Waals surface area contributed by atoms with Crippen LogP contribution < -0.4 is 10.1 Å². The van der Waals surface area contributed by atoms with Crippen molar-refractivity contribution in [3.8, 4) is 11.8 Å². The van der Waals surface area contributed by atoms with Gasteiger partial charge in [-0.25, -0.2) is 4.79 Å². The van der Waals surface area contributed by atoms with Gasteiger partial charge < -0.3 is 14.8 Å². The molecule has 0 unspecified atom stereocenters. The van der Waals surface area contributed by atoms with Gasteiger partial charge in [0.25, 0.3) is 5.91 Å². The van der Waals surface area contributed by atoms with Crippen molar-refractivity contribution in [1.82, 2.24) is 0 Å². The van der Waals surface area contributed by atoms with Crippen LogP contribution in [0.3, 0.4) is 0 Å². The number of carbonyl (C=O) groups excluding carboxylic acids is 2. The van der Waals surface area contributed by atoms with Gasteiger partial charge in [0.05, 0.1) is 24.3 Å². The third-order valence-corrected chi connectivity index (χ3v) is 3.72. The van der Waals surface area contributed by atoms with Crippen molar-refractivity contribution in [3.63, 3.8) is 0 Å². The number of nitrogens with one attached hydrogen (secondary N) is 1. The third kappa shape index (κ3) is 4.57. The van der Waals surface area contributed by atoms with Gasteiger partial charge in [-0.2, -0.15) is 5.26 Å². The molecule has 2 rings (SSSR count). The zero-order valence-electron chi connectivity index (χ0n) is 12.7. The van der Waals surface area contributed by atoms with E-state index in [1.165, 1.54) is 13.2 Å². The topological polar surface area (TPSA) is 88.4 Å². The summed E-state index contributed by atoms with van der Waals surface area (Å²) in [5, 5.41) is 11.3. The van der Waals surface area contributed by atoms with E-state index < -0.39 is 18.5 Å². The summed E-state index contributed by atoms with van der Waals surface area (Å²) in [5.74, 6) is -0.616. The van der Waals surface area contributed by atoms with Crippen LogP contribution in [0.1, 0.15) is 15.9 Å². The van der Waals surface area contributed by atoms with Crippen molar-refractivity contribution in [2.24, 2.45) is 0 Å². The molecule has 0 aromatic heterocycles. The number of rotatable bonds is 5. The maximum absolute atomic E-state index is 12.1. The molecular formula is C17H13BrN2O4. The number of halogens is 1. The minimum Gasteiger partial charge on any atom is -0.497 e. The number of nitriles is 1. The summed E-state index contributed by atoms with van der Waals surface area (Å²) in [7, 11) is 1.49. The second-order valence-electron chi connectivity index (χ2n) is 4.66. The van der Waals surface area contributed by atoms with Gasteiger partial charge in [0.2, 0.25) is 0 Å². The molecule has 24 heavy (non-hydrogen) atoms. The molecule has 1 amide bonds. The summed E-state index contributed by atoms with van der Waals surface area (Å²) in [6.07, 6.45) is 0. The van der Waals surface area contributed by atoms with Crippen molar-refractivity contribution >= 4 is 33.5 Å². The van der Waals surface area contributed by atoms with Crippen molar-refractivity contribution < 1.29 is 19.1 Å². The van der Waals surface area contributed by atoms with Gasteiger partial charge in [0, 0.05) is 10.2 Å². The zero-order chi connectivity index (χ0) is 17.5. The number of carbonyl (C=O) groups is 2. The number of amides is 1. The van der Waals surface area contributed by atoms with E-state index in [2.05, 4.69) is 21.2 Å². The van der Waals surface area contributed by atoms with Gasteiger partial charge in [-0.1, -0.05) is 0 Å². The Kier molecular flexibility index (Phi) is 5.93. The first-order valence-corrected chi connectivity index (χ1v) is 7.63. The second kappa shape index (κ2) is 8.13. The zero-order valence-corrected chi connectivity index (χ0v) is 14.3. The third-order valence-electron chi connectivity index (χ3n) is 3.03. The fourth-order valence-corrected chi connectivity index (χ4v) is 2.23. The quantitative estimate of drug-likeness (QED) is 0.794. The van der Waals surface area contributed by atoms with Crippen LogP contribution >= 0.6 is 15.9 Å². The van der Waals surface area contributed by atoms with Crippen molar-refractivity contribution in [3.05, 3.63) is 58.1 Å². The molecule has 0 bridgehead atoms. The maximum atomic E-state index is 12.1. The Morgan fingerprint density at radius 3 is 2.54 bits per heavy atom. The first-order valence-electron chi connectivity index (χ1n) is 6.84. The van der Waals surface area contributed by atoms with Crippen molar-refractivity contribution in [2.75, 3.05) is 19.0 Å². The Hall–Kier alpha value is -2.85. The Bertz CT molecular complexity index is 797. The summed E-state index contributed by atoms with van der Waals surface area (Å²) >= 11 is 3.25. The smallest absolute Gasteiger partial charge is 0.339 e. The van der Waals surface area contributed by atoms with Crippen LogP contribution in [0.4, 0.5) is 5.69 Å². The van der Waals surface area contributed by atoms with E-state index in [0.29, 0.717) is 21.5 Å². The van der Waals surface area contributed by atoms with E-state index in [0.717, 1.165) is 0 Å². The molecule has 0 aliphatic rings. The fraction of sp³-hybridized carbons (Fsp3) is 0.118. The molecule has 0 fully saturated rings. The van der Waals surface area contributed by atoms with Crippen molar-refractivity contribution in [1.29, 1.82) is 5.26 Å². The number of nitrogens with zero attached hydrogens (tertiary/aromatic N) is 1. The van der Waals surface area contributed by atoms with E-state index in [4.69, 9.17) is 14.7 Å².